The molecule has 1 heterocycles. The predicted molar refractivity (Wildman–Crippen MR) is 87.5 cm³/mol. The number of anilines is 1. The number of likely N-dealkylation sites (N-methyl/N-ethyl adjacent to an activating group) is 1. The average molecular weight is 289 g/mol. The minimum absolute atomic E-state index is 0.00858. The lowest BCUT2D eigenvalue weighted by molar-refractivity contribution is -0.124. The van der Waals surface area contributed by atoms with Gasteiger partial charge in [-0.15, -0.1) is 0 Å². The molecule has 1 fully saturated rings. The first-order valence-corrected chi connectivity index (χ1v) is 7.98. The molecule has 4 heteroatoms. The van der Waals surface area contributed by atoms with Crippen LogP contribution in [0.25, 0.3) is 0 Å². The molecule has 1 aliphatic rings. The molecule has 116 valence electrons. The highest BCUT2D eigenvalue weighted by molar-refractivity contribution is 5.81. The van der Waals surface area contributed by atoms with Crippen LogP contribution in [0.4, 0.5) is 5.69 Å². The molecule has 4 nitrogen and oxygen atoms in total. The number of piperidine rings is 1. The fraction of sp³-hybridized carbons (Fsp3) is 0.588. The van der Waals surface area contributed by atoms with E-state index in [1.807, 2.05) is 25.2 Å². The second-order valence-corrected chi connectivity index (χ2v) is 5.85. The van der Waals surface area contributed by atoms with E-state index in [-0.39, 0.29) is 11.9 Å². The molecule has 2 rings (SSSR count). The van der Waals surface area contributed by atoms with Crippen LogP contribution in [-0.4, -0.2) is 38.6 Å². The average Bonchev–Trinajstić information content (AvgIpc) is 2.55. The molecule has 0 aromatic heterocycles. The third kappa shape index (κ3) is 4.74. The highest BCUT2D eigenvalue weighted by atomic mass is 16.2. The Morgan fingerprint density at radius 3 is 2.86 bits per heavy atom. The van der Waals surface area contributed by atoms with Crippen LogP contribution >= 0.6 is 0 Å². The highest BCUT2D eigenvalue weighted by Crippen LogP contribution is 2.19. The fourth-order valence-electron chi connectivity index (χ4n) is 2.85. The van der Waals surface area contributed by atoms with Gasteiger partial charge in [0, 0.05) is 25.8 Å². The van der Waals surface area contributed by atoms with E-state index in [0.29, 0.717) is 12.5 Å². The summed E-state index contributed by atoms with van der Waals surface area (Å²) < 4.78 is 0. The van der Waals surface area contributed by atoms with Crippen molar-refractivity contribution in [2.75, 3.05) is 31.6 Å². The minimum atomic E-state index is -0.00858. The highest BCUT2D eigenvalue weighted by Gasteiger charge is 2.25. The van der Waals surface area contributed by atoms with Crippen molar-refractivity contribution in [2.45, 2.75) is 32.2 Å². The van der Waals surface area contributed by atoms with Gasteiger partial charge >= 0.3 is 0 Å². The number of carbonyl (C=O) groups is 1. The molecule has 1 aromatic carbocycles. The smallest absolute Gasteiger partial charge is 0.237 e. The Bertz CT molecular complexity index is 435. The number of carbonyl (C=O) groups excluding carboxylic acids is 1. The first kappa shape index (κ1) is 15.8. The van der Waals surface area contributed by atoms with Crippen LogP contribution in [0.1, 0.15) is 26.2 Å². The van der Waals surface area contributed by atoms with Gasteiger partial charge in [-0.3, -0.25) is 4.79 Å². The molecular weight excluding hydrogens is 262 g/mol. The molecule has 1 amide bonds. The van der Waals surface area contributed by atoms with E-state index in [1.54, 1.807) is 0 Å². The second-order valence-electron chi connectivity index (χ2n) is 5.85. The largest absolute Gasteiger partial charge is 0.373 e. The third-order valence-electron chi connectivity index (χ3n) is 4.35. The van der Waals surface area contributed by atoms with E-state index >= 15 is 0 Å². The number of hydrogen-bond acceptors (Lipinski definition) is 3. The number of amides is 1. The number of nitrogens with zero attached hydrogens (tertiary/aromatic N) is 1. The van der Waals surface area contributed by atoms with Crippen LogP contribution in [0.3, 0.4) is 0 Å². The van der Waals surface area contributed by atoms with Gasteiger partial charge in [0.05, 0.1) is 6.04 Å². The van der Waals surface area contributed by atoms with Crippen LogP contribution in [0.15, 0.2) is 30.3 Å². The third-order valence-corrected chi connectivity index (χ3v) is 4.35. The van der Waals surface area contributed by atoms with E-state index in [2.05, 4.69) is 34.6 Å². The van der Waals surface area contributed by atoms with Crippen LogP contribution < -0.4 is 15.5 Å². The Hall–Kier alpha value is -1.55. The van der Waals surface area contributed by atoms with Gasteiger partial charge in [-0.2, -0.15) is 0 Å². The van der Waals surface area contributed by atoms with Crippen molar-refractivity contribution in [3.05, 3.63) is 30.3 Å². The van der Waals surface area contributed by atoms with Gasteiger partial charge < -0.3 is 15.5 Å². The quantitative estimate of drug-likeness (QED) is 0.842. The van der Waals surface area contributed by atoms with E-state index in [1.165, 1.54) is 18.5 Å². The minimum Gasteiger partial charge on any atom is -0.373 e. The molecule has 0 radical (unpaired) electrons. The number of benzene rings is 1. The van der Waals surface area contributed by atoms with Gasteiger partial charge in [0.2, 0.25) is 5.91 Å². The van der Waals surface area contributed by atoms with Gasteiger partial charge in [-0.05, 0) is 37.4 Å². The maximum Gasteiger partial charge on any atom is 0.237 e. The zero-order valence-electron chi connectivity index (χ0n) is 13.1. The molecule has 0 aliphatic carbocycles. The maximum absolute atomic E-state index is 12.2. The van der Waals surface area contributed by atoms with E-state index in [9.17, 15) is 4.79 Å². The molecule has 2 N–H and O–H groups in total. The summed E-state index contributed by atoms with van der Waals surface area (Å²) in [6, 6.07) is 10.2. The number of hydrogen-bond donors (Lipinski definition) is 2. The topological polar surface area (TPSA) is 44.4 Å². The van der Waals surface area contributed by atoms with Crippen LogP contribution in [0.5, 0.6) is 0 Å². The van der Waals surface area contributed by atoms with Crippen LogP contribution in [0.2, 0.25) is 0 Å². The van der Waals surface area contributed by atoms with Crippen LogP contribution in [0, 0.1) is 5.92 Å². The SMILES string of the molecule is CCC1CCNC(C(=O)NCCN(C)c2ccccc2)C1. The lowest BCUT2D eigenvalue weighted by Gasteiger charge is -2.29. The molecular formula is C17H27N3O. The Labute approximate surface area is 127 Å². The lowest BCUT2D eigenvalue weighted by Crippen LogP contribution is -2.49. The van der Waals surface area contributed by atoms with E-state index < -0.39 is 0 Å². The molecule has 2 unspecified atom stereocenters. The lowest BCUT2D eigenvalue weighted by atomic mass is 9.90. The molecule has 0 bridgehead atoms. The van der Waals surface area contributed by atoms with Gasteiger partial charge in [0.25, 0.3) is 0 Å². The van der Waals surface area contributed by atoms with Crippen molar-refractivity contribution >= 4 is 11.6 Å². The monoisotopic (exact) mass is 289 g/mol. The Kier molecular flexibility index (Phi) is 6.05. The van der Waals surface area contributed by atoms with Crippen molar-refractivity contribution in [3.63, 3.8) is 0 Å². The standard InChI is InChI=1S/C17H27N3O/c1-3-14-9-10-18-16(13-14)17(21)19-11-12-20(2)15-7-5-4-6-8-15/h4-8,14,16,18H,3,9-13H2,1-2H3,(H,19,21). The van der Waals surface area contributed by atoms with Gasteiger partial charge in [0.1, 0.15) is 0 Å². The zero-order valence-corrected chi connectivity index (χ0v) is 13.1. The summed E-state index contributed by atoms with van der Waals surface area (Å²) in [4.78, 5) is 14.3. The molecule has 1 aliphatic heterocycles. The first-order chi connectivity index (χ1) is 10.2. The molecule has 1 saturated heterocycles. The first-order valence-electron chi connectivity index (χ1n) is 7.98. The zero-order chi connectivity index (χ0) is 15.1. The van der Waals surface area contributed by atoms with Crippen molar-refractivity contribution in [1.29, 1.82) is 0 Å². The summed E-state index contributed by atoms with van der Waals surface area (Å²) >= 11 is 0. The van der Waals surface area contributed by atoms with E-state index in [4.69, 9.17) is 0 Å². The Morgan fingerprint density at radius 1 is 1.38 bits per heavy atom. The summed E-state index contributed by atoms with van der Waals surface area (Å²) in [6.45, 7) is 4.67. The fourth-order valence-corrected chi connectivity index (χ4v) is 2.85. The van der Waals surface area contributed by atoms with Crippen molar-refractivity contribution in [1.82, 2.24) is 10.6 Å². The normalized spacial score (nSPS) is 21.8. The number of para-hydroxylation sites is 1. The summed E-state index contributed by atoms with van der Waals surface area (Å²) in [5.74, 6) is 0.837. The van der Waals surface area contributed by atoms with Crippen molar-refractivity contribution < 1.29 is 4.79 Å². The summed E-state index contributed by atoms with van der Waals surface area (Å²) in [5.41, 5.74) is 1.17. The van der Waals surface area contributed by atoms with Crippen molar-refractivity contribution in [2.24, 2.45) is 5.92 Å². The molecule has 2 atom stereocenters. The number of nitrogens with one attached hydrogen (secondary N) is 2. The Balaban J connectivity index is 1.72. The predicted octanol–water partition coefficient (Wildman–Crippen LogP) is 2.02. The number of rotatable bonds is 6. The van der Waals surface area contributed by atoms with Crippen molar-refractivity contribution in [3.8, 4) is 0 Å². The molecule has 0 saturated carbocycles. The van der Waals surface area contributed by atoms with Crippen LogP contribution in [-0.2, 0) is 4.79 Å². The maximum atomic E-state index is 12.2. The van der Waals surface area contributed by atoms with E-state index in [0.717, 1.165) is 19.5 Å². The summed E-state index contributed by atoms with van der Waals surface area (Å²) in [5, 5.41) is 6.38. The Morgan fingerprint density at radius 2 is 2.14 bits per heavy atom. The summed E-state index contributed by atoms with van der Waals surface area (Å²) in [6.07, 6.45) is 3.33. The second kappa shape index (κ2) is 8.03. The van der Waals surface area contributed by atoms with Gasteiger partial charge in [-0.1, -0.05) is 31.5 Å². The molecule has 21 heavy (non-hydrogen) atoms. The molecule has 1 aromatic rings. The molecule has 0 spiro atoms. The summed E-state index contributed by atoms with van der Waals surface area (Å²) in [7, 11) is 2.05. The van der Waals surface area contributed by atoms with Gasteiger partial charge in [0.15, 0.2) is 0 Å². The van der Waals surface area contributed by atoms with Gasteiger partial charge in [-0.25, -0.2) is 0 Å².